The summed E-state index contributed by atoms with van der Waals surface area (Å²) in [6.45, 7) is 8.56. The highest BCUT2D eigenvalue weighted by atomic mass is 32.2. The Kier molecular flexibility index (Phi) is 5.57. The molecule has 0 aromatic carbocycles. The first-order valence-corrected chi connectivity index (χ1v) is 11.4. The molecular weight excluding hydrogens is 396 g/mol. The number of aromatic amines is 1. The molecule has 4 rings (SSSR count). The van der Waals surface area contributed by atoms with Gasteiger partial charge in [-0.25, -0.2) is 4.98 Å². The summed E-state index contributed by atoms with van der Waals surface area (Å²) in [5.41, 5.74) is 2.58. The Bertz CT molecular complexity index is 1060. The van der Waals surface area contributed by atoms with Crippen molar-refractivity contribution in [1.82, 2.24) is 15.0 Å². The van der Waals surface area contributed by atoms with E-state index >= 15 is 0 Å². The number of carbonyl (C=O) groups excluding carboxylic acids is 1. The number of aromatic nitrogens is 3. The number of ketones is 1. The van der Waals surface area contributed by atoms with Gasteiger partial charge in [0.15, 0.2) is 10.9 Å². The van der Waals surface area contributed by atoms with Crippen LogP contribution < -0.4 is 10.9 Å². The Morgan fingerprint density at radius 3 is 2.77 bits per heavy atom. The van der Waals surface area contributed by atoms with Gasteiger partial charge in [-0.15, -0.1) is 0 Å². The van der Waals surface area contributed by atoms with E-state index in [0.717, 1.165) is 29.9 Å². The maximum Gasteiger partial charge on any atom is 0.257 e. The Morgan fingerprint density at radius 2 is 2.07 bits per heavy atom. The van der Waals surface area contributed by atoms with Gasteiger partial charge < -0.3 is 10.3 Å². The molecule has 6 nitrogen and oxygen atoms in total. The van der Waals surface area contributed by atoms with E-state index in [1.165, 1.54) is 0 Å². The van der Waals surface area contributed by atoms with Crippen molar-refractivity contribution in [3.8, 4) is 0 Å². The lowest BCUT2D eigenvalue weighted by molar-refractivity contribution is -0.118. The molecule has 2 aliphatic rings. The fraction of sp³-hybridized carbons (Fsp3) is 0.478. The van der Waals surface area contributed by atoms with Crippen LogP contribution in [0, 0.1) is 11.3 Å². The summed E-state index contributed by atoms with van der Waals surface area (Å²) < 4.78 is 0. The molecule has 1 aliphatic carbocycles. The second-order valence-corrected chi connectivity index (χ2v) is 10.4. The van der Waals surface area contributed by atoms with Crippen molar-refractivity contribution in [2.24, 2.45) is 11.3 Å². The number of rotatable bonds is 5. The summed E-state index contributed by atoms with van der Waals surface area (Å²) in [6.07, 6.45) is 5.70. The molecule has 2 aromatic heterocycles. The van der Waals surface area contributed by atoms with Crippen molar-refractivity contribution in [1.29, 1.82) is 0 Å². The zero-order chi connectivity index (χ0) is 21.5. The number of nitrogens with zero attached hydrogens (tertiary/aromatic N) is 2. The lowest BCUT2D eigenvalue weighted by Gasteiger charge is -2.38. The lowest BCUT2D eigenvalue weighted by Crippen LogP contribution is -2.37. The van der Waals surface area contributed by atoms with E-state index in [9.17, 15) is 9.59 Å². The van der Waals surface area contributed by atoms with E-state index < -0.39 is 5.92 Å². The van der Waals surface area contributed by atoms with Crippen LogP contribution in [0.5, 0.6) is 0 Å². The predicted molar refractivity (Wildman–Crippen MR) is 120 cm³/mol. The molecule has 2 aromatic rings. The highest BCUT2D eigenvalue weighted by Gasteiger charge is 2.42. The first-order chi connectivity index (χ1) is 14.2. The molecule has 1 aliphatic heterocycles. The van der Waals surface area contributed by atoms with Crippen molar-refractivity contribution in [2.75, 3.05) is 11.1 Å². The van der Waals surface area contributed by atoms with E-state index in [-0.39, 0.29) is 16.8 Å². The molecule has 30 heavy (non-hydrogen) atoms. The van der Waals surface area contributed by atoms with Crippen LogP contribution in [0.2, 0.25) is 0 Å². The molecule has 0 amide bonds. The van der Waals surface area contributed by atoms with Gasteiger partial charge in [-0.3, -0.25) is 14.6 Å². The average Bonchev–Trinajstić information content (AvgIpc) is 2.65. The van der Waals surface area contributed by atoms with Crippen LogP contribution in [-0.4, -0.2) is 26.5 Å². The molecule has 0 bridgehead atoms. The van der Waals surface area contributed by atoms with Crippen LogP contribution in [0.4, 0.5) is 5.82 Å². The first-order valence-electron chi connectivity index (χ1n) is 10.5. The lowest BCUT2D eigenvalue weighted by atomic mass is 9.69. The minimum absolute atomic E-state index is 0.0861. The molecule has 0 radical (unpaired) electrons. The molecule has 0 saturated heterocycles. The van der Waals surface area contributed by atoms with Crippen LogP contribution in [0.25, 0.3) is 0 Å². The third-order valence-electron chi connectivity index (χ3n) is 5.65. The number of H-pyrrole nitrogens is 1. The summed E-state index contributed by atoms with van der Waals surface area (Å²) in [5, 5.41) is 3.97. The minimum atomic E-state index is -0.445. The summed E-state index contributed by atoms with van der Waals surface area (Å²) in [6, 6.07) is 3.77. The van der Waals surface area contributed by atoms with E-state index in [2.05, 4.69) is 43.0 Å². The van der Waals surface area contributed by atoms with E-state index in [1.54, 1.807) is 24.2 Å². The molecule has 7 heteroatoms. The largest absolute Gasteiger partial charge is 0.343 e. The number of nitrogens with one attached hydrogen (secondary N) is 2. The third-order valence-corrected chi connectivity index (χ3v) is 6.56. The van der Waals surface area contributed by atoms with Gasteiger partial charge >= 0.3 is 0 Å². The van der Waals surface area contributed by atoms with Crippen molar-refractivity contribution >= 4 is 23.4 Å². The van der Waals surface area contributed by atoms with E-state index in [4.69, 9.17) is 4.98 Å². The topological polar surface area (TPSA) is 87.7 Å². The van der Waals surface area contributed by atoms with Gasteiger partial charge in [-0.1, -0.05) is 45.5 Å². The third kappa shape index (κ3) is 4.08. The molecule has 0 unspecified atom stereocenters. The number of hydrogen-bond donors (Lipinski definition) is 2. The summed E-state index contributed by atoms with van der Waals surface area (Å²) in [5.74, 6) is 1.69. The Hall–Kier alpha value is -2.41. The van der Waals surface area contributed by atoms with Crippen molar-refractivity contribution in [3.63, 3.8) is 0 Å². The highest BCUT2D eigenvalue weighted by molar-refractivity contribution is 7.99. The average molecular weight is 425 g/mol. The number of carbonyl (C=O) groups is 1. The van der Waals surface area contributed by atoms with Crippen LogP contribution in [0.1, 0.15) is 64.0 Å². The maximum atomic E-state index is 13.2. The number of Topliss-reactive ketones (excluding diaryl/α,β-unsaturated/α-hetero) is 1. The fourth-order valence-corrected chi connectivity index (χ4v) is 5.34. The SMILES string of the molecule is CC(C)CCSc1nc2c(c(=O)[nH]1)[C@@H](c1cccnc1)C1=C(CC(C)(C)CC1=O)N2. The number of thioether (sulfide) groups is 1. The maximum absolute atomic E-state index is 13.2. The standard InChI is InChI=1S/C23H28N4O2S/c1-13(2)7-9-30-22-26-20-19(21(29)27-22)17(14-6-5-8-24-12-14)18-15(25-20)10-23(3,4)11-16(18)28/h5-6,8,12-13,17H,7,9-11H2,1-4H3,(H2,25,26,27,29)/t17-/m0/s1. The first kappa shape index (κ1) is 20.8. The number of allylic oxidation sites excluding steroid dienone is 2. The van der Waals surface area contributed by atoms with Gasteiger partial charge in [0, 0.05) is 41.8 Å². The summed E-state index contributed by atoms with van der Waals surface area (Å²) in [7, 11) is 0. The quantitative estimate of drug-likeness (QED) is 0.543. The van der Waals surface area contributed by atoms with Crippen molar-refractivity contribution in [3.05, 3.63) is 57.3 Å². The molecule has 158 valence electrons. The molecule has 0 spiro atoms. The number of pyridine rings is 1. The number of hydrogen-bond acceptors (Lipinski definition) is 6. The van der Waals surface area contributed by atoms with Gasteiger partial charge in [0.05, 0.1) is 5.56 Å². The summed E-state index contributed by atoms with van der Waals surface area (Å²) in [4.78, 5) is 38.3. The van der Waals surface area contributed by atoms with Gasteiger partial charge in [0.1, 0.15) is 5.82 Å². The Labute approximate surface area is 181 Å². The van der Waals surface area contributed by atoms with E-state index in [1.807, 2.05) is 12.1 Å². The highest BCUT2D eigenvalue weighted by Crippen LogP contribution is 2.47. The van der Waals surface area contributed by atoms with Gasteiger partial charge in [-0.05, 0) is 35.8 Å². The van der Waals surface area contributed by atoms with Gasteiger partial charge in [0.25, 0.3) is 5.56 Å². The van der Waals surface area contributed by atoms with Gasteiger partial charge in [-0.2, -0.15) is 0 Å². The number of anilines is 1. The normalized spacial score (nSPS) is 20.0. The molecule has 1 atom stereocenters. The summed E-state index contributed by atoms with van der Waals surface area (Å²) >= 11 is 1.56. The molecule has 3 heterocycles. The second kappa shape index (κ2) is 8.02. The monoisotopic (exact) mass is 424 g/mol. The number of fused-ring (bicyclic) bond motifs is 1. The molecular formula is C23H28N4O2S. The Morgan fingerprint density at radius 1 is 1.27 bits per heavy atom. The van der Waals surface area contributed by atoms with Crippen LogP contribution >= 0.6 is 11.8 Å². The molecule has 0 fully saturated rings. The van der Waals surface area contributed by atoms with Gasteiger partial charge in [0.2, 0.25) is 0 Å². The molecule has 2 N–H and O–H groups in total. The zero-order valence-corrected chi connectivity index (χ0v) is 18.7. The van der Waals surface area contributed by atoms with Crippen LogP contribution in [0.15, 0.2) is 45.7 Å². The van der Waals surface area contributed by atoms with Crippen LogP contribution in [0.3, 0.4) is 0 Å². The fourth-order valence-electron chi connectivity index (χ4n) is 4.23. The van der Waals surface area contributed by atoms with E-state index in [0.29, 0.717) is 34.4 Å². The second-order valence-electron chi connectivity index (χ2n) is 9.34. The Balaban J connectivity index is 1.81. The van der Waals surface area contributed by atoms with Crippen LogP contribution in [-0.2, 0) is 4.79 Å². The van der Waals surface area contributed by atoms with Crippen molar-refractivity contribution < 1.29 is 4.79 Å². The smallest absolute Gasteiger partial charge is 0.257 e. The zero-order valence-electron chi connectivity index (χ0n) is 17.9. The minimum Gasteiger partial charge on any atom is -0.343 e. The molecule has 0 saturated carbocycles. The predicted octanol–water partition coefficient (Wildman–Crippen LogP) is 4.50. The van der Waals surface area contributed by atoms with Crippen molar-refractivity contribution in [2.45, 2.75) is 58.0 Å².